The van der Waals surface area contributed by atoms with Gasteiger partial charge in [-0.05, 0) is 25.5 Å². The van der Waals surface area contributed by atoms with Crippen molar-refractivity contribution < 1.29 is 14.4 Å². The van der Waals surface area contributed by atoms with Gasteiger partial charge in [0, 0.05) is 17.7 Å². The van der Waals surface area contributed by atoms with E-state index in [9.17, 15) is 14.4 Å². The first-order valence-electron chi connectivity index (χ1n) is 6.60. The normalized spacial score (nSPS) is 25.9. The highest BCUT2D eigenvalue weighted by molar-refractivity contribution is 6.19. The van der Waals surface area contributed by atoms with Crippen molar-refractivity contribution in [3.05, 3.63) is 29.8 Å². The number of aliphatic imine (C=N–C) groups is 1. The smallest absolute Gasteiger partial charge is 0.230 e. The van der Waals surface area contributed by atoms with Crippen LogP contribution in [0.25, 0.3) is 0 Å². The summed E-state index contributed by atoms with van der Waals surface area (Å²) in [6.45, 7) is 1.77. The van der Waals surface area contributed by atoms with Crippen LogP contribution in [0.1, 0.15) is 30.1 Å². The molecule has 0 saturated carbocycles. The molecule has 5 heteroatoms. The van der Waals surface area contributed by atoms with E-state index in [1.165, 1.54) is 0 Å². The van der Waals surface area contributed by atoms with Crippen molar-refractivity contribution in [3.8, 4) is 0 Å². The second-order valence-corrected chi connectivity index (χ2v) is 5.17. The van der Waals surface area contributed by atoms with E-state index in [4.69, 9.17) is 0 Å². The van der Waals surface area contributed by atoms with Crippen LogP contribution < -0.4 is 5.32 Å². The van der Waals surface area contributed by atoms with E-state index < -0.39 is 11.8 Å². The van der Waals surface area contributed by atoms with Crippen molar-refractivity contribution in [2.24, 2.45) is 16.8 Å². The van der Waals surface area contributed by atoms with Gasteiger partial charge in [-0.25, -0.2) is 0 Å². The fourth-order valence-electron chi connectivity index (χ4n) is 2.90. The molecule has 1 aromatic carbocycles. The molecule has 2 aliphatic rings. The van der Waals surface area contributed by atoms with Gasteiger partial charge in [-0.3, -0.25) is 24.7 Å². The van der Waals surface area contributed by atoms with Crippen molar-refractivity contribution in [1.29, 1.82) is 0 Å². The van der Waals surface area contributed by atoms with Crippen molar-refractivity contribution in [3.63, 3.8) is 0 Å². The van der Waals surface area contributed by atoms with Gasteiger partial charge in [-0.15, -0.1) is 0 Å². The number of imide groups is 1. The summed E-state index contributed by atoms with van der Waals surface area (Å²) >= 11 is 0. The number of rotatable bonds is 1. The maximum atomic E-state index is 12.6. The second-order valence-electron chi connectivity index (χ2n) is 5.17. The van der Waals surface area contributed by atoms with Crippen molar-refractivity contribution in [2.75, 3.05) is 0 Å². The fourth-order valence-corrected chi connectivity index (χ4v) is 2.90. The van der Waals surface area contributed by atoms with Crippen LogP contribution in [0.3, 0.4) is 0 Å². The number of carbonyl (C=O) groups excluding carboxylic acids is 3. The first kappa shape index (κ1) is 12.7. The van der Waals surface area contributed by atoms with Crippen LogP contribution in [-0.2, 0) is 9.59 Å². The number of piperidine rings is 1. The number of hydrogen-bond donors (Lipinski definition) is 1. The minimum atomic E-state index is -0.557. The summed E-state index contributed by atoms with van der Waals surface area (Å²) < 4.78 is 0. The van der Waals surface area contributed by atoms with Crippen LogP contribution in [0.2, 0.25) is 0 Å². The molecule has 2 heterocycles. The number of benzene rings is 1. The molecule has 1 N–H and O–H groups in total. The monoisotopic (exact) mass is 270 g/mol. The van der Waals surface area contributed by atoms with Gasteiger partial charge in [0.05, 0.1) is 17.5 Å². The Morgan fingerprint density at radius 2 is 1.95 bits per heavy atom. The zero-order valence-electron chi connectivity index (χ0n) is 11.1. The van der Waals surface area contributed by atoms with Gasteiger partial charge in [0.15, 0.2) is 5.78 Å². The second kappa shape index (κ2) is 4.67. The summed E-state index contributed by atoms with van der Waals surface area (Å²) in [6.07, 6.45) is 0.672. The third-order valence-electron chi connectivity index (χ3n) is 3.88. The number of fused-ring (bicyclic) bond motifs is 1. The summed E-state index contributed by atoms with van der Waals surface area (Å²) in [5.74, 6) is -1.78. The molecule has 0 bridgehead atoms. The molecular weight excluding hydrogens is 256 g/mol. The first-order valence-corrected chi connectivity index (χ1v) is 6.60. The lowest BCUT2D eigenvalue weighted by atomic mass is 9.76. The lowest BCUT2D eigenvalue weighted by Gasteiger charge is -2.30. The summed E-state index contributed by atoms with van der Waals surface area (Å²) in [6, 6.07) is 7.13. The van der Waals surface area contributed by atoms with E-state index in [-0.39, 0.29) is 24.0 Å². The molecule has 1 fully saturated rings. The Kier molecular flexibility index (Phi) is 2.97. The number of nitrogens with zero attached hydrogens (tertiary/aromatic N) is 1. The Labute approximate surface area is 116 Å². The minimum absolute atomic E-state index is 0.0809. The number of ketones is 1. The molecule has 1 aromatic rings. The standard InChI is InChI=1S/C15H14N2O3/c1-8-13(10-6-7-12(18)17-15(10)20)14(19)9-4-2-3-5-11(9)16-8/h2-5,10,13H,6-7H2,1H3,(H,17,18,20). The van der Waals surface area contributed by atoms with E-state index in [1.807, 2.05) is 6.07 Å². The highest BCUT2D eigenvalue weighted by atomic mass is 16.2. The zero-order valence-corrected chi connectivity index (χ0v) is 11.1. The maximum Gasteiger partial charge on any atom is 0.230 e. The van der Waals surface area contributed by atoms with E-state index in [1.54, 1.807) is 25.1 Å². The van der Waals surface area contributed by atoms with Crippen molar-refractivity contribution in [2.45, 2.75) is 19.8 Å². The van der Waals surface area contributed by atoms with Crippen LogP contribution in [0.4, 0.5) is 5.69 Å². The van der Waals surface area contributed by atoms with Crippen LogP contribution in [0.15, 0.2) is 29.3 Å². The topological polar surface area (TPSA) is 75.6 Å². The Balaban J connectivity index is 1.98. The first-order chi connectivity index (χ1) is 9.58. The van der Waals surface area contributed by atoms with E-state index >= 15 is 0 Å². The van der Waals surface area contributed by atoms with Crippen LogP contribution in [0.5, 0.6) is 0 Å². The Morgan fingerprint density at radius 1 is 1.20 bits per heavy atom. The van der Waals surface area contributed by atoms with Gasteiger partial charge in [0.25, 0.3) is 0 Å². The minimum Gasteiger partial charge on any atom is -0.296 e. The van der Waals surface area contributed by atoms with Gasteiger partial charge in [0.2, 0.25) is 11.8 Å². The summed E-state index contributed by atoms with van der Waals surface area (Å²) in [4.78, 5) is 40.2. The Hall–Kier alpha value is -2.30. The highest BCUT2D eigenvalue weighted by Crippen LogP contribution is 2.34. The van der Waals surface area contributed by atoms with Gasteiger partial charge >= 0.3 is 0 Å². The molecule has 2 aliphatic heterocycles. The third-order valence-corrected chi connectivity index (χ3v) is 3.88. The van der Waals surface area contributed by atoms with Crippen LogP contribution in [-0.4, -0.2) is 23.3 Å². The number of para-hydroxylation sites is 1. The molecule has 5 nitrogen and oxygen atoms in total. The predicted octanol–water partition coefficient (Wildman–Crippen LogP) is 1.64. The predicted molar refractivity (Wildman–Crippen MR) is 72.9 cm³/mol. The summed E-state index contributed by atoms with van der Waals surface area (Å²) in [5, 5.41) is 2.31. The molecule has 0 aromatic heterocycles. The van der Waals surface area contributed by atoms with E-state index in [0.717, 1.165) is 0 Å². The maximum absolute atomic E-state index is 12.6. The molecule has 102 valence electrons. The Morgan fingerprint density at radius 3 is 2.70 bits per heavy atom. The molecule has 1 saturated heterocycles. The average Bonchev–Trinajstić information content (AvgIpc) is 2.41. The molecule has 20 heavy (non-hydrogen) atoms. The molecular formula is C15H14N2O3. The average molecular weight is 270 g/mol. The van der Waals surface area contributed by atoms with Gasteiger partial charge < -0.3 is 0 Å². The van der Waals surface area contributed by atoms with E-state index in [0.29, 0.717) is 23.4 Å². The lowest BCUT2D eigenvalue weighted by molar-refractivity contribution is -0.136. The molecule has 3 rings (SSSR count). The molecule has 2 amide bonds. The number of carbonyl (C=O) groups is 3. The van der Waals surface area contributed by atoms with Gasteiger partial charge in [-0.2, -0.15) is 0 Å². The summed E-state index contributed by atoms with van der Waals surface area (Å²) in [7, 11) is 0. The molecule has 2 unspecified atom stereocenters. The third kappa shape index (κ3) is 1.95. The molecule has 0 aliphatic carbocycles. The molecule has 2 atom stereocenters. The summed E-state index contributed by atoms with van der Waals surface area (Å²) in [5.41, 5.74) is 1.84. The SMILES string of the molecule is CC1=Nc2ccccc2C(=O)C1C1CCC(=O)NC1=O. The van der Waals surface area contributed by atoms with Crippen molar-refractivity contribution >= 4 is 29.0 Å². The van der Waals surface area contributed by atoms with Gasteiger partial charge in [0.1, 0.15) is 0 Å². The number of Topliss-reactive ketones (excluding diaryl/α,β-unsaturated/α-hetero) is 1. The van der Waals surface area contributed by atoms with Crippen LogP contribution in [0, 0.1) is 11.8 Å². The quantitative estimate of drug-likeness (QED) is 0.788. The number of amides is 2. The van der Waals surface area contributed by atoms with E-state index in [2.05, 4.69) is 10.3 Å². The zero-order chi connectivity index (χ0) is 14.3. The molecule has 0 radical (unpaired) electrons. The largest absolute Gasteiger partial charge is 0.296 e. The van der Waals surface area contributed by atoms with Gasteiger partial charge in [-0.1, -0.05) is 12.1 Å². The number of hydrogen-bond acceptors (Lipinski definition) is 4. The fraction of sp³-hybridized carbons (Fsp3) is 0.333. The van der Waals surface area contributed by atoms with Crippen LogP contribution >= 0.6 is 0 Å². The lowest BCUT2D eigenvalue weighted by Crippen LogP contribution is -2.47. The number of nitrogens with one attached hydrogen (secondary N) is 1. The highest BCUT2D eigenvalue weighted by Gasteiger charge is 2.41. The Bertz CT molecular complexity index is 648. The molecule has 0 spiro atoms. The van der Waals surface area contributed by atoms with Crippen molar-refractivity contribution in [1.82, 2.24) is 5.32 Å².